The highest BCUT2D eigenvalue weighted by Gasteiger charge is 2.35. The Balaban J connectivity index is 1.78. The second kappa shape index (κ2) is 7.70. The molecule has 2 aromatic carbocycles. The van der Waals surface area contributed by atoms with Gasteiger partial charge in [0.2, 0.25) is 0 Å². The van der Waals surface area contributed by atoms with Crippen molar-refractivity contribution in [3.05, 3.63) is 74.1 Å². The predicted molar refractivity (Wildman–Crippen MR) is 113 cm³/mol. The van der Waals surface area contributed by atoms with Gasteiger partial charge in [-0.3, -0.25) is 14.5 Å². The Morgan fingerprint density at radius 1 is 1.00 bits per heavy atom. The number of amides is 2. The molecule has 0 atom stereocenters. The van der Waals surface area contributed by atoms with Gasteiger partial charge in [-0.05, 0) is 52.1 Å². The van der Waals surface area contributed by atoms with Crippen molar-refractivity contribution in [2.75, 3.05) is 0 Å². The van der Waals surface area contributed by atoms with Crippen LogP contribution in [0.15, 0.2) is 47.4 Å². The minimum atomic E-state index is -0.295. The average molecular weight is 420 g/mol. The predicted octanol–water partition coefficient (Wildman–Crippen LogP) is 6.53. The molecule has 1 heterocycles. The van der Waals surface area contributed by atoms with Gasteiger partial charge in [0.15, 0.2) is 0 Å². The Hall–Kier alpha value is -1.75. The first-order valence-corrected chi connectivity index (χ1v) is 10.0. The summed E-state index contributed by atoms with van der Waals surface area (Å²) in [4.78, 5) is 26.6. The van der Waals surface area contributed by atoms with Crippen molar-refractivity contribution in [3.8, 4) is 0 Å². The van der Waals surface area contributed by atoms with Gasteiger partial charge in [-0.15, -0.1) is 0 Å². The van der Waals surface area contributed by atoms with E-state index < -0.39 is 0 Å². The summed E-state index contributed by atoms with van der Waals surface area (Å²) in [5.41, 5.74) is 2.92. The number of carbonyl (C=O) groups excluding carboxylic acids is 2. The van der Waals surface area contributed by atoms with Crippen LogP contribution in [0.2, 0.25) is 10.0 Å². The molecule has 0 aliphatic carbocycles. The molecule has 0 saturated carbocycles. The minimum Gasteiger partial charge on any atom is -0.268 e. The van der Waals surface area contributed by atoms with E-state index in [9.17, 15) is 9.59 Å². The molecule has 0 radical (unpaired) electrons. The lowest BCUT2D eigenvalue weighted by Crippen LogP contribution is -2.27. The van der Waals surface area contributed by atoms with Gasteiger partial charge in [0.25, 0.3) is 11.1 Å². The van der Waals surface area contributed by atoms with Crippen molar-refractivity contribution in [3.63, 3.8) is 0 Å². The topological polar surface area (TPSA) is 37.4 Å². The first-order chi connectivity index (χ1) is 12.6. The Bertz CT molecular complexity index is 930. The van der Waals surface area contributed by atoms with E-state index >= 15 is 0 Å². The van der Waals surface area contributed by atoms with E-state index in [1.807, 2.05) is 24.3 Å². The third kappa shape index (κ3) is 4.57. The van der Waals surface area contributed by atoms with Gasteiger partial charge < -0.3 is 0 Å². The normalized spacial score (nSPS) is 16.5. The third-order valence-corrected chi connectivity index (χ3v) is 5.92. The molecule has 0 aromatic heterocycles. The summed E-state index contributed by atoms with van der Waals surface area (Å²) in [5.74, 6) is -0.295. The summed E-state index contributed by atoms with van der Waals surface area (Å²) in [6, 6.07) is 13.1. The molecule has 140 valence electrons. The third-order valence-electron chi connectivity index (χ3n) is 4.27. The molecule has 3 nitrogen and oxygen atoms in total. The van der Waals surface area contributed by atoms with Gasteiger partial charge >= 0.3 is 0 Å². The van der Waals surface area contributed by atoms with Crippen LogP contribution in [0.3, 0.4) is 0 Å². The number of nitrogens with zero attached hydrogens (tertiary/aromatic N) is 1. The highest BCUT2D eigenvalue weighted by Crippen LogP contribution is 2.34. The van der Waals surface area contributed by atoms with E-state index in [4.69, 9.17) is 23.2 Å². The molecule has 0 unspecified atom stereocenters. The lowest BCUT2D eigenvalue weighted by Gasteiger charge is -2.18. The van der Waals surface area contributed by atoms with Crippen molar-refractivity contribution >= 4 is 52.2 Å². The number of benzene rings is 2. The zero-order valence-electron chi connectivity index (χ0n) is 15.3. The van der Waals surface area contributed by atoms with Crippen LogP contribution >= 0.6 is 35.0 Å². The lowest BCUT2D eigenvalue weighted by atomic mass is 9.87. The summed E-state index contributed by atoms with van der Waals surface area (Å²) in [6.07, 6.45) is 1.76. The zero-order chi connectivity index (χ0) is 19.8. The molecule has 2 amide bonds. The quantitative estimate of drug-likeness (QED) is 0.530. The SMILES string of the molecule is CC(C)(C)c1ccc(/C=C2\SC(=O)N(Cc3ccc(Cl)c(Cl)c3)C2=O)cc1. The van der Waals surface area contributed by atoms with Crippen LogP contribution in [0.25, 0.3) is 6.08 Å². The molecule has 0 N–H and O–H groups in total. The number of rotatable bonds is 3. The van der Waals surface area contributed by atoms with Gasteiger partial charge in [0, 0.05) is 0 Å². The molecule has 27 heavy (non-hydrogen) atoms. The van der Waals surface area contributed by atoms with Gasteiger partial charge in [0.05, 0.1) is 21.5 Å². The Morgan fingerprint density at radius 2 is 1.67 bits per heavy atom. The van der Waals surface area contributed by atoms with Crippen LogP contribution in [0, 0.1) is 0 Å². The van der Waals surface area contributed by atoms with Gasteiger partial charge in [-0.2, -0.15) is 0 Å². The highest BCUT2D eigenvalue weighted by molar-refractivity contribution is 8.18. The smallest absolute Gasteiger partial charge is 0.268 e. The second-order valence-electron chi connectivity index (χ2n) is 7.39. The standard InChI is InChI=1S/C21H19Cl2NO2S/c1-21(2,3)15-7-4-13(5-8-15)11-18-19(25)24(20(26)27-18)12-14-6-9-16(22)17(23)10-14/h4-11H,12H2,1-3H3/b18-11-. The summed E-state index contributed by atoms with van der Waals surface area (Å²) in [5, 5.41) is 0.549. The Kier molecular flexibility index (Phi) is 5.71. The number of imide groups is 1. The average Bonchev–Trinajstić information content (AvgIpc) is 2.85. The van der Waals surface area contributed by atoms with Crippen LogP contribution in [0.4, 0.5) is 4.79 Å². The summed E-state index contributed by atoms with van der Waals surface area (Å²) in [6.45, 7) is 6.62. The van der Waals surface area contributed by atoms with E-state index in [2.05, 4.69) is 20.8 Å². The molecule has 3 rings (SSSR count). The minimum absolute atomic E-state index is 0.0657. The zero-order valence-corrected chi connectivity index (χ0v) is 17.6. The van der Waals surface area contributed by atoms with Gasteiger partial charge in [-0.1, -0.05) is 74.3 Å². The molecule has 1 aliphatic rings. The Labute approximate surface area is 173 Å². The molecule has 6 heteroatoms. The van der Waals surface area contributed by atoms with Crippen molar-refractivity contribution in [1.29, 1.82) is 0 Å². The fourth-order valence-electron chi connectivity index (χ4n) is 2.69. The fourth-order valence-corrected chi connectivity index (χ4v) is 3.85. The largest absolute Gasteiger partial charge is 0.293 e. The second-order valence-corrected chi connectivity index (χ2v) is 9.20. The lowest BCUT2D eigenvalue weighted by molar-refractivity contribution is -0.123. The molecule has 2 aromatic rings. The maximum atomic E-state index is 12.7. The Morgan fingerprint density at radius 3 is 2.26 bits per heavy atom. The van der Waals surface area contributed by atoms with Crippen LogP contribution < -0.4 is 0 Å². The van der Waals surface area contributed by atoms with Crippen molar-refractivity contribution in [2.45, 2.75) is 32.7 Å². The number of halogens is 2. The molecule has 1 fully saturated rings. The molecule has 1 saturated heterocycles. The van der Waals surface area contributed by atoms with E-state index in [1.54, 1.807) is 24.3 Å². The van der Waals surface area contributed by atoms with E-state index in [0.29, 0.717) is 15.0 Å². The number of carbonyl (C=O) groups is 2. The summed E-state index contributed by atoms with van der Waals surface area (Å²) in [7, 11) is 0. The van der Waals surface area contributed by atoms with Crippen LogP contribution in [-0.2, 0) is 16.8 Å². The van der Waals surface area contributed by atoms with Crippen molar-refractivity contribution < 1.29 is 9.59 Å². The van der Waals surface area contributed by atoms with Crippen molar-refractivity contribution in [1.82, 2.24) is 4.90 Å². The number of hydrogen-bond donors (Lipinski definition) is 0. The molecular weight excluding hydrogens is 401 g/mol. The fraction of sp³-hybridized carbons (Fsp3) is 0.238. The van der Waals surface area contributed by atoms with Gasteiger partial charge in [0.1, 0.15) is 0 Å². The molecule has 0 bridgehead atoms. The first kappa shape index (κ1) is 20.0. The first-order valence-electron chi connectivity index (χ1n) is 8.45. The van der Waals surface area contributed by atoms with Gasteiger partial charge in [-0.25, -0.2) is 0 Å². The van der Waals surface area contributed by atoms with Crippen LogP contribution in [0.5, 0.6) is 0 Å². The van der Waals surface area contributed by atoms with Crippen LogP contribution in [0.1, 0.15) is 37.5 Å². The summed E-state index contributed by atoms with van der Waals surface area (Å²) >= 11 is 12.9. The monoisotopic (exact) mass is 419 g/mol. The molecule has 1 aliphatic heterocycles. The maximum absolute atomic E-state index is 12.7. The van der Waals surface area contributed by atoms with E-state index in [0.717, 1.165) is 22.9 Å². The maximum Gasteiger partial charge on any atom is 0.293 e. The van der Waals surface area contributed by atoms with E-state index in [1.165, 1.54) is 10.5 Å². The number of thioether (sulfide) groups is 1. The molecular formula is C21H19Cl2NO2S. The van der Waals surface area contributed by atoms with E-state index in [-0.39, 0.29) is 23.1 Å². The van der Waals surface area contributed by atoms with Crippen LogP contribution in [-0.4, -0.2) is 16.0 Å². The highest BCUT2D eigenvalue weighted by atomic mass is 35.5. The van der Waals surface area contributed by atoms with Crippen molar-refractivity contribution in [2.24, 2.45) is 0 Å². The number of hydrogen-bond acceptors (Lipinski definition) is 3. The molecule has 0 spiro atoms. The summed E-state index contributed by atoms with van der Waals surface area (Å²) < 4.78 is 0.